The van der Waals surface area contributed by atoms with E-state index < -0.39 is 0 Å². The molecule has 4 nitrogen and oxygen atoms in total. The summed E-state index contributed by atoms with van der Waals surface area (Å²) in [4.78, 5) is 0. The molecule has 0 aliphatic rings. The predicted octanol–water partition coefficient (Wildman–Crippen LogP) is 2.35. The second-order valence-corrected chi connectivity index (χ2v) is 5.73. The Bertz CT molecular complexity index is 426. The van der Waals surface area contributed by atoms with Crippen LogP contribution >= 0.6 is 11.8 Å². The van der Waals surface area contributed by atoms with Crippen molar-refractivity contribution in [2.75, 3.05) is 19.5 Å². The van der Waals surface area contributed by atoms with Gasteiger partial charge in [-0.2, -0.15) is 17.0 Å². The van der Waals surface area contributed by atoms with Gasteiger partial charge in [-0.05, 0) is 37.8 Å². The molecular weight excluding hydrogens is 272 g/mol. The lowest BCUT2D eigenvalue weighted by atomic mass is 10.1. The van der Waals surface area contributed by atoms with E-state index in [0.29, 0.717) is 5.75 Å². The third-order valence-electron chi connectivity index (χ3n) is 3.24. The van der Waals surface area contributed by atoms with E-state index in [1.165, 1.54) is 0 Å². The van der Waals surface area contributed by atoms with Crippen LogP contribution in [0.4, 0.5) is 0 Å². The maximum atomic E-state index is 9.30. The molecule has 3 unspecified atom stereocenters. The van der Waals surface area contributed by atoms with Crippen LogP contribution in [0.15, 0.2) is 24.3 Å². The number of benzene rings is 1. The number of ether oxygens (including phenoxy) is 1. The van der Waals surface area contributed by atoms with Crippen LogP contribution < -0.4 is 10.1 Å². The molecule has 1 rings (SSSR count). The van der Waals surface area contributed by atoms with E-state index >= 15 is 0 Å². The van der Waals surface area contributed by atoms with Gasteiger partial charge in [-0.1, -0.05) is 12.1 Å². The van der Waals surface area contributed by atoms with Gasteiger partial charge in [0, 0.05) is 17.3 Å². The first kappa shape index (κ1) is 16.8. The molecule has 0 aliphatic carbocycles. The van der Waals surface area contributed by atoms with Gasteiger partial charge in [0.05, 0.1) is 6.61 Å². The zero-order valence-electron chi connectivity index (χ0n) is 12.2. The average molecular weight is 294 g/mol. The normalized spacial score (nSPS) is 15.2. The van der Waals surface area contributed by atoms with E-state index in [4.69, 9.17) is 10.00 Å². The lowest BCUT2D eigenvalue weighted by molar-refractivity contribution is 0.272. The van der Waals surface area contributed by atoms with E-state index in [1.54, 1.807) is 11.8 Å². The van der Waals surface area contributed by atoms with Crippen LogP contribution in [-0.4, -0.2) is 35.9 Å². The third-order valence-corrected chi connectivity index (χ3v) is 4.40. The maximum absolute atomic E-state index is 9.30. The summed E-state index contributed by atoms with van der Waals surface area (Å²) >= 11 is 1.66. The van der Waals surface area contributed by atoms with Crippen LogP contribution in [0.1, 0.15) is 25.5 Å². The summed E-state index contributed by atoms with van der Waals surface area (Å²) in [6.45, 7) is 4.41. The Morgan fingerprint density at radius 3 is 2.50 bits per heavy atom. The average Bonchev–Trinajstić information content (AvgIpc) is 2.46. The smallest absolute Gasteiger partial charge is 0.174 e. The van der Waals surface area contributed by atoms with Crippen molar-refractivity contribution in [2.45, 2.75) is 31.2 Å². The van der Waals surface area contributed by atoms with Gasteiger partial charge >= 0.3 is 0 Å². The Hall–Kier alpha value is -1.22. The van der Waals surface area contributed by atoms with Crippen molar-refractivity contribution in [1.29, 1.82) is 5.26 Å². The second kappa shape index (κ2) is 8.85. The van der Waals surface area contributed by atoms with Crippen molar-refractivity contribution in [3.8, 4) is 11.8 Å². The first-order valence-electron chi connectivity index (χ1n) is 6.61. The van der Waals surface area contributed by atoms with E-state index in [2.05, 4.69) is 19.2 Å². The van der Waals surface area contributed by atoms with E-state index in [-0.39, 0.29) is 30.5 Å². The fourth-order valence-electron chi connectivity index (χ4n) is 2.00. The van der Waals surface area contributed by atoms with Gasteiger partial charge < -0.3 is 15.2 Å². The first-order valence-corrected chi connectivity index (χ1v) is 7.90. The lowest BCUT2D eigenvalue weighted by Gasteiger charge is -2.25. The Morgan fingerprint density at radius 1 is 1.35 bits per heavy atom. The van der Waals surface area contributed by atoms with Crippen molar-refractivity contribution in [1.82, 2.24) is 5.32 Å². The van der Waals surface area contributed by atoms with E-state index in [1.807, 2.05) is 36.6 Å². The van der Waals surface area contributed by atoms with Gasteiger partial charge in [-0.25, -0.2) is 0 Å². The minimum atomic E-state index is 0.0656. The lowest BCUT2D eigenvalue weighted by Crippen LogP contribution is -2.38. The molecule has 3 atom stereocenters. The van der Waals surface area contributed by atoms with Crippen molar-refractivity contribution >= 4 is 11.8 Å². The van der Waals surface area contributed by atoms with Gasteiger partial charge in [-0.3, -0.25) is 0 Å². The number of hydrogen-bond acceptors (Lipinski definition) is 5. The highest BCUT2D eigenvalue weighted by molar-refractivity contribution is 7.99. The number of hydrogen-bond donors (Lipinski definition) is 2. The summed E-state index contributed by atoms with van der Waals surface area (Å²) in [6.07, 6.45) is 2.01. The number of aliphatic hydroxyl groups is 1. The fourth-order valence-corrected chi connectivity index (χ4v) is 2.64. The highest BCUT2D eigenvalue weighted by atomic mass is 32.2. The molecule has 0 amide bonds. The second-order valence-electron chi connectivity index (χ2n) is 4.65. The zero-order chi connectivity index (χ0) is 15.0. The summed E-state index contributed by atoms with van der Waals surface area (Å²) in [6, 6.07) is 10.1. The SMILES string of the molecule is CSC(CO)C(C)NC(C)c1ccc(OCC#N)cc1. The van der Waals surface area contributed by atoms with Crippen LogP contribution in [-0.2, 0) is 0 Å². The molecule has 1 aromatic carbocycles. The molecule has 0 radical (unpaired) electrons. The topological polar surface area (TPSA) is 65.3 Å². The summed E-state index contributed by atoms with van der Waals surface area (Å²) < 4.78 is 5.23. The number of nitrogens with one attached hydrogen (secondary N) is 1. The molecule has 0 heterocycles. The molecule has 0 saturated heterocycles. The van der Waals surface area contributed by atoms with Crippen molar-refractivity contribution in [3.05, 3.63) is 29.8 Å². The quantitative estimate of drug-likeness (QED) is 0.770. The molecule has 20 heavy (non-hydrogen) atoms. The molecule has 0 spiro atoms. The molecule has 0 bridgehead atoms. The Morgan fingerprint density at radius 2 is 2.00 bits per heavy atom. The van der Waals surface area contributed by atoms with Gasteiger partial charge in [-0.15, -0.1) is 0 Å². The minimum Gasteiger partial charge on any atom is -0.479 e. The first-order chi connectivity index (χ1) is 9.62. The molecule has 2 N–H and O–H groups in total. The summed E-state index contributed by atoms with van der Waals surface area (Å²) in [5.41, 5.74) is 1.15. The van der Waals surface area contributed by atoms with Crippen LogP contribution in [0.3, 0.4) is 0 Å². The molecule has 1 aromatic rings. The van der Waals surface area contributed by atoms with Crippen LogP contribution in [0.2, 0.25) is 0 Å². The standard InChI is InChI=1S/C15H22N2O2S/c1-11(17-12(2)15(10-18)20-3)13-4-6-14(7-5-13)19-9-8-16/h4-7,11-12,15,17-18H,9-10H2,1-3H3. The van der Waals surface area contributed by atoms with Gasteiger partial charge in [0.15, 0.2) is 6.61 Å². The Labute approximate surface area is 125 Å². The fraction of sp³-hybridized carbons (Fsp3) is 0.533. The molecule has 0 aromatic heterocycles. The molecule has 110 valence electrons. The van der Waals surface area contributed by atoms with Gasteiger partial charge in [0.2, 0.25) is 0 Å². The number of nitriles is 1. The van der Waals surface area contributed by atoms with E-state index in [0.717, 1.165) is 5.56 Å². The highest BCUT2D eigenvalue weighted by Crippen LogP contribution is 2.20. The highest BCUT2D eigenvalue weighted by Gasteiger charge is 2.17. The van der Waals surface area contributed by atoms with Crippen LogP contribution in [0.25, 0.3) is 0 Å². The predicted molar refractivity (Wildman–Crippen MR) is 83.0 cm³/mol. The molecule has 0 aliphatic heterocycles. The number of rotatable bonds is 8. The van der Waals surface area contributed by atoms with Crippen LogP contribution in [0.5, 0.6) is 5.75 Å². The summed E-state index contributed by atoms with van der Waals surface area (Å²) in [5.74, 6) is 0.702. The number of nitrogens with zero attached hydrogens (tertiary/aromatic N) is 1. The molecular formula is C15H22N2O2S. The van der Waals surface area contributed by atoms with Crippen molar-refractivity contribution in [2.24, 2.45) is 0 Å². The third kappa shape index (κ3) is 5.04. The maximum Gasteiger partial charge on any atom is 0.174 e. The van der Waals surface area contributed by atoms with Gasteiger partial charge in [0.1, 0.15) is 11.8 Å². The Balaban J connectivity index is 2.59. The molecule has 5 heteroatoms. The summed E-state index contributed by atoms with van der Waals surface area (Å²) in [5, 5.41) is 21.4. The molecule has 0 saturated carbocycles. The number of aliphatic hydroxyl groups excluding tert-OH is 1. The summed E-state index contributed by atoms with van der Waals surface area (Å²) in [7, 11) is 0. The largest absolute Gasteiger partial charge is 0.479 e. The number of thioether (sulfide) groups is 1. The van der Waals surface area contributed by atoms with E-state index in [9.17, 15) is 5.11 Å². The Kier molecular flexibility index (Phi) is 7.45. The van der Waals surface area contributed by atoms with Gasteiger partial charge in [0.25, 0.3) is 0 Å². The zero-order valence-corrected chi connectivity index (χ0v) is 13.0. The molecule has 0 fully saturated rings. The monoisotopic (exact) mass is 294 g/mol. The van der Waals surface area contributed by atoms with Crippen molar-refractivity contribution < 1.29 is 9.84 Å². The van der Waals surface area contributed by atoms with Crippen LogP contribution in [0, 0.1) is 11.3 Å². The van der Waals surface area contributed by atoms with Crippen molar-refractivity contribution in [3.63, 3.8) is 0 Å². The minimum absolute atomic E-state index is 0.0656.